The predicted molar refractivity (Wildman–Crippen MR) is 127 cm³/mol. The first-order chi connectivity index (χ1) is 15.9. The van der Waals surface area contributed by atoms with E-state index in [1.807, 2.05) is 37.3 Å². The van der Waals surface area contributed by atoms with Gasteiger partial charge in [0.05, 0.1) is 29.7 Å². The third-order valence-corrected chi connectivity index (χ3v) is 7.01. The van der Waals surface area contributed by atoms with E-state index in [2.05, 4.69) is 14.9 Å². The zero-order valence-electron chi connectivity index (χ0n) is 18.6. The van der Waals surface area contributed by atoms with Crippen LogP contribution in [0.1, 0.15) is 12.5 Å². The van der Waals surface area contributed by atoms with Gasteiger partial charge in [0.25, 0.3) is 0 Å². The third kappa shape index (κ3) is 7.68. The summed E-state index contributed by atoms with van der Waals surface area (Å²) in [5, 5.41) is 3.06. The Kier molecular flexibility index (Phi) is 9.52. The number of sulfonamides is 1. The third-order valence-electron chi connectivity index (χ3n) is 5.24. The number of nitrogens with zero attached hydrogens (tertiary/aromatic N) is 1. The average molecular weight is 496 g/mol. The van der Waals surface area contributed by atoms with Crippen LogP contribution in [0, 0.1) is 0 Å². The van der Waals surface area contributed by atoms with E-state index in [0.29, 0.717) is 38.7 Å². The van der Waals surface area contributed by atoms with Crippen LogP contribution in [0.25, 0.3) is 0 Å². The molecule has 0 unspecified atom stereocenters. The summed E-state index contributed by atoms with van der Waals surface area (Å²) in [4.78, 5) is 15.1. The molecule has 2 N–H and O–H groups in total. The zero-order chi connectivity index (χ0) is 23.7. The van der Waals surface area contributed by atoms with Crippen molar-refractivity contribution >= 4 is 27.5 Å². The number of carbonyl (C=O) groups is 1. The van der Waals surface area contributed by atoms with Crippen molar-refractivity contribution in [3.8, 4) is 5.75 Å². The van der Waals surface area contributed by atoms with E-state index in [9.17, 15) is 13.2 Å². The van der Waals surface area contributed by atoms with Crippen LogP contribution in [0.3, 0.4) is 0 Å². The quantitative estimate of drug-likeness (QED) is 0.495. The number of nitrogens with one attached hydrogen (secondary N) is 2. The Morgan fingerprint density at radius 2 is 1.91 bits per heavy atom. The lowest BCUT2D eigenvalue weighted by Crippen LogP contribution is -2.49. The van der Waals surface area contributed by atoms with Gasteiger partial charge in [-0.1, -0.05) is 41.9 Å². The molecular formula is C23H30ClN3O5S. The Labute approximate surface area is 200 Å². The van der Waals surface area contributed by atoms with Crippen LogP contribution in [0.4, 0.5) is 0 Å². The molecule has 1 fully saturated rings. The van der Waals surface area contributed by atoms with E-state index in [4.69, 9.17) is 21.1 Å². The summed E-state index contributed by atoms with van der Waals surface area (Å²) in [6.45, 7) is 6.30. The number of carbonyl (C=O) groups excluding carboxylic acids is 1. The lowest BCUT2D eigenvalue weighted by molar-refractivity contribution is -0.122. The topological polar surface area (TPSA) is 97.0 Å². The van der Waals surface area contributed by atoms with Crippen molar-refractivity contribution in [2.75, 3.05) is 46.0 Å². The van der Waals surface area contributed by atoms with Gasteiger partial charge >= 0.3 is 0 Å². The second kappa shape index (κ2) is 12.3. The maximum atomic E-state index is 13.1. The van der Waals surface area contributed by atoms with Gasteiger partial charge in [-0.3, -0.25) is 9.69 Å². The molecule has 0 saturated carbocycles. The number of rotatable bonds is 11. The highest BCUT2D eigenvalue weighted by molar-refractivity contribution is 7.89. The standard InChI is InChI=1S/C23H30ClN3O5S/c1-2-32-22-9-8-19(17-20(22)24)33(29,30)26-21(16-18-6-4-3-5-7-18)23(28)25-10-11-27-12-14-31-15-13-27/h3-9,17,21,26H,2,10-16H2,1H3,(H,25,28)/t21-/m0/s1. The molecule has 1 atom stereocenters. The molecule has 33 heavy (non-hydrogen) atoms. The Morgan fingerprint density at radius 3 is 2.58 bits per heavy atom. The number of benzene rings is 2. The molecule has 0 aromatic heterocycles. The molecule has 3 rings (SSSR count). The van der Waals surface area contributed by atoms with E-state index in [0.717, 1.165) is 18.7 Å². The molecule has 0 aliphatic carbocycles. The first-order valence-corrected chi connectivity index (χ1v) is 12.8. The Bertz CT molecular complexity index is 1010. The number of halogens is 1. The van der Waals surface area contributed by atoms with Gasteiger partial charge in [-0.05, 0) is 37.1 Å². The number of morpholine rings is 1. The lowest BCUT2D eigenvalue weighted by atomic mass is 10.1. The summed E-state index contributed by atoms with van der Waals surface area (Å²) >= 11 is 6.18. The minimum atomic E-state index is -4.00. The second-order valence-corrected chi connectivity index (χ2v) is 9.76. The fourth-order valence-corrected chi connectivity index (χ4v) is 5.02. The largest absolute Gasteiger partial charge is 0.492 e. The summed E-state index contributed by atoms with van der Waals surface area (Å²) in [6, 6.07) is 12.5. The van der Waals surface area contributed by atoms with E-state index >= 15 is 0 Å². The first kappa shape index (κ1) is 25.5. The highest BCUT2D eigenvalue weighted by atomic mass is 35.5. The van der Waals surface area contributed by atoms with Crippen molar-refractivity contribution in [2.24, 2.45) is 0 Å². The molecule has 2 aromatic rings. The van der Waals surface area contributed by atoms with Crippen LogP contribution in [-0.2, 0) is 26.0 Å². The monoisotopic (exact) mass is 495 g/mol. The van der Waals surface area contributed by atoms with Crippen LogP contribution in [0.2, 0.25) is 5.02 Å². The number of hydrogen-bond acceptors (Lipinski definition) is 6. The van der Waals surface area contributed by atoms with Crippen molar-refractivity contribution in [1.82, 2.24) is 14.9 Å². The average Bonchev–Trinajstić information content (AvgIpc) is 2.81. The molecule has 8 nitrogen and oxygen atoms in total. The summed E-state index contributed by atoms with van der Waals surface area (Å²) in [7, 11) is -4.00. The molecule has 2 aromatic carbocycles. The van der Waals surface area contributed by atoms with Crippen LogP contribution in [0.15, 0.2) is 53.4 Å². The number of ether oxygens (including phenoxy) is 2. The smallest absolute Gasteiger partial charge is 0.241 e. The van der Waals surface area contributed by atoms with Crippen molar-refractivity contribution in [3.05, 3.63) is 59.1 Å². The molecule has 10 heteroatoms. The van der Waals surface area contributed by atoms with Gasteiger partial charge in [-0.2, -0.15) is 4.72 Å². The highest BCUT2D eigenvalue weighted by Crippen LogP contribution is 2.27. The SMILES string of the molecule is CCOc1ccc(S(=O)(=O)N[C@@H](Cc2ccccc2)C(=O)NCCN2CCOCC2)cc1Cl. The van der Waals surface area contributed by atoms with Crippen LogP contribution < -0.4 is 14.8 Å². The second-order valence-electron chi connectivity index (χ2n) is 7.63. The van der Waals surface area contributed by atoms with E-state index in [-0.39, 0.29) is 22.2 Å². The zero-order valence-corrected chi connectivity index (χ0v) is 20.2. The molecule has 1 amide bonds. The molecule has 1 aliphatic heterocycles. The van der Waals surface area contributed by atoms with Gasteiger partial charge in [-0.25, -0.2) is 8.42 Å². The highest BCUT2D eigenvalue weighted by Gasteiger charge is 2.27. The van der Waals surface area contributed by atoms with E-state index in [1.54, 1.807) is 0 Å². The van der Waals surface area contributed by atoms with E-state index in [1.165, 1.54) is 18.2 Å². The van der Waals surface area contributed by atoms with Gasteiger partial charge in [-0.15, -0.1) is 0 Å². The molecule has 0 bridgehead atoms. The minimum absolute atomic E-state index is 0.0323. The summed E-state index contributed by atoms with van der Waals surface area (Å²) in [5.74, 6) is 0.0209. The van der Waals surface area contributed by atoms with Crippen LogP contribution in [0.5, 0.6) is 5.75 Å². The first-order valence-electron chi connectivity index (χ1n) is 11.0. The molecular weight excluding hydrogens is 466 g/mol. The molecule has 0 radical (unpaired) electrons. The van der Waals surface area contributed by atoms with Gasteiger partial charge in [0.2, 0.25) is 15.9 Å². The Morgan fingerprint density at radius 1 is 1.18 bits per heavy atom. The molecule has 0 spiro atoms. The Balaban J connectivity index is 1.71. The molecule has 1 saturated heterocycles. The molecule has 1 aliphatic rings. The van der Waals surface area contributed by atoms with E-state index < -0.39 is 16.1 Å². The number of hydrogen-bond donors (Lipinski definition) is 2. The Hall–Kier alpha value is -2.17. The maximum Gasteiger partial charge on any atom is 0.241 e. The van der Waals surface area contributed by atoms with Gasteiger partial charge in [0.1, 0.15) is 11.8 Å². The predicted octanol–water partition coefficient (Wildman–Crippen LogP) is 2.08. The molecule has 1 heterocycles. The number of amides is 1. The van der Waals surface area contributed by atoms with Gasteiger partial charge in [0, 0.05) is 26.2 Å². The van der Waals surface area contributed by atoms with Crippen molar-refractivity contribution in [3.63, 3.8) is 0 Å². The molecule has 180 valence electrons. The van der Waals surface area contributed by atoms with Gasteiger partial charge in [0.15, 0.2) is 0 Å². The summed E-state index contributed by atoms with van der Waals surface area (Å²) in [6.07, 6.45) is 0.216. The van der Waals surface area contributed by atoms with Crippen molar-refractivity contribution < 1.29 is 22.7 Å². The van der Waals surface area contributed by atoms with Crippen molar-refractivity contribution in [2.45, 2.75) is 24.3 Å². The lowest BCUT2D eigenvalue weighted by Gasteiger charge is -2.27. The fraction of sp³-hybridized carbons (Fsp3) is 0.435. The van der Waals surface area contributed by atoms with Crippen molar-refractivity contribution in [1.29, 1.82) is 0 Å². The van der Waals surface area contributed by atoms with Gasteiger partial charge < -0.3 is 14.8 Å². The summed E-state index contributed by atoms with van der Waals surface area (Å²) < 4.78 is 39.4. The maximum absolute atomic E-state index is 13.1. The van der Waals surface area contributed by atoms with Crippen LogP contribution in [-0.4, -0.2) is 71.3 Å². The summed E-state index contributed by atoms with van der Waals surface area (Å²) in [5.41, 5.74) is 0.846. The van der Waals surface area contributed by atoms with Crippen LogP contribution >= 0.6 is 11.6 Å². The fourth-order valence-electron chi connectivity index (χ4n) is 3.50. The normalized spacial score (nSPS) is 15.7. The minimum Gasteiger partial charge on any atom is -0.492 e.